The van der Waals surface area contributed by atoms with Crippen LogP contribution in [0.3, 0.4) is 0 Å². The van der Waals surface area contributed by atoms with Gasteiger partial charge in [0.05, 0.1) is 28.3 Å². The third-order valence-electron chi connectivity index (χ3n) is 3.16. The number of rotatable bonds is 4. The monoisotopic (exact) mass is 348 g/mol. The van der Waals surface area contributed by atoms with Crippen molar-refractivity contribution in [2.24, 2.45) is 0 Å². The average Bonchev–Trinajstić information content (AvgIpc) is 2.39. The predicted octanol–water partition coefficient (Wildman–Crippen LogP) is 2.80. The lowest BCUT2D eigenvalue weighted by atomic mass is 10.1. The molecule has 1 aliphatic rings. The summed E-state index contributed by atoms with van der Waals surface area (Å²) in [4.78, 5) is 0.300. The van der Waals surface area contributed by atoms with Gasteiger partial charge in [-0.05, 0) is 53.4 Å². The number of benzene rings is 1. The summed E-state index contributed by atoms with van der Waals surface area (Å²) in [7, 11) is -1.77. The third-order valence-corrected chi connectivity index (χ3v) is 5.56. The number of halogens is 1. The van der Waals surface area contributed by atoms with Crippen LogP contribution in [0.15, 0.2) is 27.6 Å². The van der Waals surface area contributed by atoms with Crippen molar-refractivity contribution in [3.05, 3.63) is 22.7 Å². The summed E-state index contributed by atoms with van der Waals surface area (Å²) in [5.74, 6) is 0.666. The number of sulfone groups is 1. The summed E-state index contributed by atoms with van der Waals surface area (Å²) in [6.07, 6.45) is 2.69. The van der Waals surface area contributed by atoms with E-state index in [0.717, 1.165) is 19.3 Å². The molecule has 0 aliphatic carbocycles. The topological polar surface area (TPSA) is 52.6 Å². The van der Waals surface area contributed by atoms with Crippen LogP contribution >= 0.6 is 15.9 Å². The van der Waals surface area contributed by atoms with Gasteiger partial charge in [-0.1, -0.05) is 0 Å². The van der Waals surface area contributed by atoms with Crippen molar-refractivity contribution >= 4 is 25.8 Å². The lowest BCUT2D eigenvalue weighted by Gasteiger charge is -2.22. The van der Waals surface area contributed by atoms with Crippen molar-refractivity contribution < 1.29 is 17.9 Å². The molecule has 1 heterocycles. The van der Waals surface area contributed by atoms with Gasteiger partial charge in [0, 0.05) is 6.61 Å². The van der Waals surface area contributed by atoms with E-state index in [0.29, 0.717) is 21.7 Å². The zero-order valence-electron chi connectivity index (χ0n) is 10.8. The zero-order valence-corrected chi connectivity index (χ0v) is 13.2. The molecule has 0 aromatic heterocycles. The van der Waals surface area contributed by atoms with E-state index in [9.17, 15) is 8.42 Å². The van der Waals surface area contributed by atoms with Gasteiger partial charge >= 0.3 is 0 Å². The number of ether oxygens (including phenoxy) is 2. The summed E-state index contributed by atoms with van der Waals surface area (Å²) in [6.45, 7) is 0.659. The lowest BCUT2D eigenvalue weighted by molar-refractivity contribution is 0.0305. The Morgan fingerprint density at radius 1 is 1.42 bits per heavy atom. The molecule has 2 rings (SSSR count). The van der Waals surface area contributed by atoms with E-state index in [1.54, 1.807) is 25.3 Å². The van der Waals surface area contributed by atoms with E-state index >= 15 is 0 Å². The Morgan fingerprint density at radius 2 is 2.21 bits per heavy atom. The first-order chi connectivity index (χ1) is 9.03. The minimum Gasteiger partial charge on any atom is -0.496 e. The summed E-state index contributed by atoms with van der Waals surface area (Å²) < 4.78 is 35.9. The van der Waals surface area contributed by atoms with Crippen molar-refractivity contribution in [1.29, 1.82) is 0 Å². The fraction of sp³-hybridized carbons (Fsp3) is 0.538. The quantitative estimate of drug-likeness (QED) is 0.839. The molecule has 0 saturated carbocycles. The van der Waals surface area contributed by atoms with Crippen LogP contribution < -0.4 is 4.74 Å². The van der Waals surface area contributed by atoms with E-state index < -0.39 is 9.84 Å². The minimum atomic E-state index is -3.32. The molecule has 0 spiro atoms. The summed E-state index contributed by atoms with van der Waals surface area (Å²) >= 11 is 3.30. The number of hydrogen-bond donors (Lipinski definition) is 0. The molecule has 1 aromatic carbocycles. The summed E-state index contributed by atoms with van der Waals surface area (Å²) in [6, 6.07) is 4.80. The highest BCUT2D eigenvalue weighted by Crippen LogP contribution is 2.28. The van der Waals surface area contributed by atoms with Gasteiger partial charge in [0.1, 0.15) is 5.75 Å². The van der Waals surface area contributed by atoms with Crippen LogP contribution in [-0.2, 0) is 14.6 Å². The van der Waals surface area contributed by atoms with Crippen LogP contribution in [0, 0.1) is 0 Å². The second-order valence-electron chi connectivity index (χ2n) is 4.57. The second kappa shape index (κ2) is 6.24. The Bertz CT molecular complexity index is 536. The van der Waals surface area contributed by atoms with Crippen LogP contribution in [0.2, 0.25) is 0 Å². The minimum absolute atomic E-state index is 0.0474. The highest BCUT2D eigenvalue weighted by atomic mass is 79.9. The molecule has 1 aliphatic heterocycles. The molecular formula is C13H17BrO4S. The van der Waals surface area contributed by atoms with E-state index in [4.69, 9.17) is 9.47 Å². The molecule has 4 nitrogen and oxygen atoms in total. The van der Waals surface area contributed by atoms with Crippen LogP contribution in [0.5, 0.6) is 5.75 Å². The molecule has 0 amide bonds. The van der Waals surface area contributed by atoms with Crippen molar-refractivity contribution in [2.75, 3.05) is 19.5 Å². The molecule has 1 aromatic rings. The zero-order chi connectivity index (χ0) is 13.9. The van der Waals surface area contributed by atoms with E-state index in [-0.39, 0.29) is 11.9 Å². The van der Waals surface area contributed by atoms with Crippen molar-refractivity contribution in [3.8, 4) is 5.75 Å². The maximum atomic E-state index is 12.3. The first-order valence-corrected chi connectivity index (χ1v) is 8.65. The average molecular weight is 349 g/mol. The van der Waals surface area contributed by atoms with Gasteiger partial charge in [-0.3, -0.25) is 0 Å². The molecule has 1 atom stereocenters. The lowest BCUT2D eigenvalue weighted by Crippen LogP contribution is -2.27. The highest BCUT2D eigenvalue weighted by molar-refractivity contribution is 9.10. The maximum absolute atomic E-state index is 12.3. The standard InChI is InChI=1S/C13H17BrO4S/c1-17-13-6-5-11(8-12(13)14)19(15,16)9-10-4-2-3-7-18-10/h5-6,8,10H,2-4,7,9H2,1H3. The van der Waals surface area contributed by atoms with Gasteiger partial charge in [0.25, 0.3) is 0 Å². The SMILES string of the molecule is COc1ccc(S(=O)(=O)CC2CCCCO2)cc1Br. The van der Waals surface area contributed by atoms with Crippen LogP contribution in [0.1, 0.15) is 19.3 Å². The van der Waals surface area contributed by atoms with Crippen molar-refractivity contribution in [3.63, 3.8) is 0 Å². The van der Waals surface area contributed by atoms with Crippen molar-refractivity contribution in [1.82, 2.24) is 0 Å². The predicted molar refractivity (Wildman–Crippen MR) is 76.3 cm³/mol. The third kappa shape index (κ3) is 3.70. The maximum Gasteiger partial charge on any atom is 0.180 e. The first kappa shape index (κ1) is 14.8. The van der Waals surface area contributed by atoms with Gasteiger partial charge < -0.3 is 9.47 Å². The smallest absolute Gasteiger partial charge is 0.180 e. The molecule has 106 valence electrons. The summed E-state index contributed by atoms with van der Waals surface area (Å²) in [5.41, 5.74) is 0. The van der Waals surface area contributed by atoms with E-state index in [1.165, 1.54) is 0 Å². The molecule has 19 heavy (non-hydrogen) atoms. The Labute approximate surface area is 122 Å². The second-order valence-corrected chi connectivity index (χ2v) is 7.45. The fourth-order valence-corrected chi connectivity index (χ4v) is 4.33. The van der Waals surface area contributed by atoms with E-state index in [2.05, 4.69) is 15.9 Å². The van der Waals surface area contributed by atoms with Gasteiger partial charge in [-0.15, -0.1) is 0 Å². The number of hydrogen-bond acceptors (Lipinski definition) is 4. The first-order valence-electron chi connectivity index (χ1n) is 6.21. The fourth-order valence-electron chi connectivity index (χ4n) is 2.12. The van der Waals surface area contributed by atoms with Crippen LogP contribution in [-0.4, -0.2) is 34.0 Å². The molecule has 1 saturated heterocycles. The Balaban J connectivity index is 2.16. The summed E-state index contributed by atoms with van der Waals surface area (Å²) in [5, 5.41) is 0. The Morgan fingerprint density at radius 3 is 2.79 bits per heavy atom. The van der Waals surface area contributed by atoms with E-state index in [1.807, 2.05) is 0 Å². The van der Waals surface area contributed by atoms with Gasteiger partial charge in [-0.25, -0.2) is 8.42 Å². The largest absolute Gasteiger partial charge is 0.496 e. The number of methoxy groups -OCH3 is 1. The Hall–Kier alpha value is -0.590. The van der Waals surface area contributed by atoms with Gasteiger partial charge in [0.15, 0.2) is 9.84 Å². The molecule has 0 N–H and O–H groups in total. The van der Waals surface area contributed by atoms with Gasteiger partial charge in [0.2, 0.25) is 0 Å². The normalized spacial score (nSPS) is 20.2. The molecular weight excluding hydrogens is 332 g/mol. The van der Waals surface area contributed by atoms with Crippen LogP contribution in [0.25, 0.3) is 0 Å². The molecule has 1 unspecified atom stereocenters. The highest BCUT2D eigenvalue weighted by Gasteiger charge is 2.24. The van der Waals surface area contributed by atoms with Crippen molar-refractivity contribution in [2.45, 2.75) is 30.3 Å². The molecule has 0 radical (unpaired) electrons. The van der Waals surface area contributed by atoms with Gasteiger partial charge in [-0.2, -0.15) is 0 Å². The Kier molecular flexibility index (Phi) is 4.86. The molecule has 1 fully saturated rings. The molecule has 0 bridgehead atoms. The van der Waals surface area contributed by atoms with Crippen LogP contribution in [0.4, 0.5) is 0 Å². The molecule has 6 heteroatoms.